The Morgan fingerprint density at radius 1 is 1.25 bits per heavy atom. The number of hydrogen-bond acceptors (Lipinski definition) is 12. The molecule has 1 aliphatic carbocycles. The Bertz CT molecular complexity index is 1920. The average Bonchev–Trinajstić information content (AvgIpc) is 3.48. The topological polar surface area (TPSA) is 220 Å². The summed E-state index contributed by atoms with van der Waals surface area (Å²) in [4.78, 5) is 47.3. The van der Waals surface area contributed by atoms with Crippen molar-refractivity contribution in [3.8, 4) is 5.75 Å². The molecule has 2 amide bonds. The van der Waals surface area contributed by atoms with Crippen molar-refractivity contribution in [1.29, 1.82) is 0 Å². The molecule has 1 aromatic rings. The number of carboxylic acid groups (broad SMARTS) is 1. The lowest BCUT2D eigenvalue weighted by Gasteiger charge is -2.42. The molecule has 53 heavy (non-hydrogen) atoms. The van der Waals surface area contributed by atoms with Gasteiger partial charge in [0.1, 0.15) is 11.6 Å². The Labute approximate surface area is 314 Å². The molecule has 17 heteroatoms. The number of aliphatic imine (C=N–C) groups is 1. The van der Waals surface area contributed by atoms with Crippen molar-refractivity contribution in [1.82, 2.24) is 9.62 Å². The van der Waals surface area contributed by atoms with Gasteiger partial charge in [-0.1, -0.05) is 54.8 Å². The molecule has 15 nitrogen and oxygen atoms in total. The van der Waals surface area contributed by atoms with Crippen molar-refractivity contribution >= 4 is 57.1 Å². The van der Waals surface area contributed by atoms with Crippen molar-refractivity contribution in [3.05, 3.63) is 64.4 Å². The van der Waals surface area contributed by atoms with E-state index in [9.17, 15) is 32.5 Å². The van der Waals surface area contributed by atoms with Gasteiger partial charge in [-0.15, -0.1) is 0 Å². The number of nitrogens with one attached hydrogen (secondary N) is 1. The summed E-state index contributed by atoms with van der Waals surface area (Å²) >= 11 is 5.47. The number of nitrogens with two attached hydrogens (primary N) is 1. The highest BCUT2D eigenvalue weighted by atomic mass is 32.2. The summed E-state index contributed by atoms with van der Waals surface area (Å²) in [5.74, 6) is -3.27. The van der Waals surface area contributed by atoms with Crippen LogP contribution in [-0.4, -0.2) is 74.8 Å². The number of carbonyl (C=O) groups excluding carboxylic acids is 2. The maximum absolute atomic E-state index is 13.5. The number of amides is 2. The molecule has 5 N–H and O–H groups in total. The number of hydrogen-bond donors (Lipinski definition) is 4. The van der Waals surface area contributed by atoms with Gasteiger partial charge in [-0.25, -0.2) is 9.79 Å². The van der Waals surface area contributed by atoms with E-state index >= 15 is 0 Å². The van der Waals surface area contributed by atoms with E-state index in [1.807, 2.05) is 19.9 Å². The number of aliphatic carboxylic acids is 1. The molecular weight excluding hydrogens is 727 g/mol. The molecule has 1 unspecified atom stereocenters. The molecule has 0 radical (unpaired) electrons. The van der Waals surface area contributed by atoms with Crippen molar-refractivity contribution in [3.63, 3.8) is 0 Å². The van der Waals surface area contributed by atoms with Crippen LogP contribution in [0.3, 0.4) is 0 Å². The third kappa shape index (κ3) is 9.69. The molecule has 288 valence electrons. The quantitative estimate of drug-likeness (QED) is 0.0361. The number of unbranched alkanes of at least 4 members (excludes halogenated alkanes) is 2. The van der Waals surface area contributed by atoms with Gasteiger partial charge in [0.25, 0.3) is 11.8 Å². The number of amidine groups is 1. The summed E-state index contributed by atoms with van der Waals surface area (Å²) in [6.07, 6.45) is 7.46. The number of aryl methyl sites for hydroxylation is 2. The Kier molecular flexibility index (Phi) is 12.9. The van der Waals surface area contributed by atoms with E-state index in [0.717, 1.165) is 60.8 Å². The highest BCUT2D eigenvalue weighted by Gasteiger charge is 2.57. The summed E-state index contributed by atoms with van der Waals surface area (Å²) in [5, 5.41) is 14.9. The van der Waals surface area contributed by atoms with E-state index in [-0.39, 0.29) is 34.1 Å². The summed E-state index contributed by atoms with van der Waals surface area (Å²) in [5.41, 5.74) is 8.25. The lowest BCUT2D eigenvalue weighted by atomic mass is 9.73. The Morgan fingerprint density at radius 3 is 2.53 bits per heavy atom. The average molecular weight is 774 g/mol. The van der Waals surface area contributed by atoms with Gasteiger partial charge in [0, 0.05) is 30.1 Å². The standard InChI is InChI=1S/C36H47N5O10S2/c1-8-9-10-11-22-17-21(5)28(24-16-20(4)12-13-23(24)19(2)3)26(18-22)49-35(52)50-33-30(32(43)41(33)53(46,47)48)39-31(42)29(25-14-15-27(37)38-25)40-51-36(6,7)34(44)45/h14,16-18,23-24,30,33H,2,8-13,15H2,1,3-7H3,(H2,37,38)(H,39,42)(H,44,45)(H,46,47,48)/b40-29-/t23-,24+,30+,33?/m0/s1. The minimum absolute atomic E-state index is 0.0110. The van der Waals surface area contributed by atoms with Crippen LogP contribution in [0.1, 0.15) is 95.8 Å². The zero-order valence-electron chi connectivity index (χ0n) is 30.7. The Morgan fingerprint density at radius 2 is 1.94 bits per heavy atom. The first-order valence-corrected chi connectivity index (χ1v) is 19.0. The van der Waals surface area contributed by atoms with Crippen LogP contribution in [0.5, 0.6) is 5.75 Å². The lowest BCUT2D eigenvalue weighted by molar-refractivity contribution is -0.161. The van der Waals surface area contributed by atoms with Crippen molar-refractivity contribution in [2.75, 3.05) is 0 Å². The predicted molar refractivity (Wildman–Crippen MR) is 201 cm³/mol. The van der Waals surface area contributed by atoms with E-state index in [4.69, 9.17) is 32.3 Å². The van der Waals surface area contributed by atoms with Crippen LogP contribution in [0.2, 0.25) is 0 Å². The van der Waals surface area contributed by atoms with Crippen molar-refractivity contribution in [2.24, 2.45) is 21.8 Å². The molecular formula is C36H47N5O10S2. The molecule has 2 aliphatic heterocycles. The van der Waals surface area contributed by atoms with Gasteiger partial charge in [0.2, 0.25) is 11.8 Å². The summed E-state index contributed by atoms with van der Waals surface area (Å²) in [6, 6.07) is 2.25. The number of carboxylic acids is 1. The van der Waals surface area contributed by atoms with E-state index in [2.05, 4.69) is 48.0 Å². The van der Waals surface area contributed by atoms with Crippen LogP contribution >= 0.6 is 12.2 Å². The van der Waals surface area contributed by atoms with Crippen LogP contribution < -0.4 is 15.8 Å². The first-order chi connectivity index (χ1) is 24.7. The van der Waals surface area contributed by atoms with Gasteiger partial charge in [-0.05, 0) is 89.5 Å². The summed E-state index contributed by atoms with van der Waals surface area (Å²) < 4.78 is 46.4. The second-order valence-electron chi connectivity index (χ2n) is 14.0. The minimum atomic E-state index is -5.20. The number of benzene rings is 1. The molecule has 3 aliphatic rings. The molecule has 2 heterocycles. The number of carbonyl (C=O) groups is 3. The Hall–Kier alpha value is -4.61. The smallest absolute Gasteiger partial charge is 0.365 e. The Balaban J connectivity index is 1.66. The van der Waals surface area contributed by atoms with Crippen LogP contribution in [0.4, 0.5) is 0 Å². The molecule has 0 bridgehead atoms. The first-order valence-electron chi connectivity index (χ1n) is 17.2. The first kappa shape index (κ1) is 41.2. The number of nitrogens with zero attached hydrogens (tertiary/aromatic N) is 3. The number of ether oxygens (including phenoxy) is 2. The van der Waals surface area contributed by atoms with Crippen LogP contribution in [0.15, 0.2) is 57.9 Å². The third-order valence-corrected chi connectivity index (χ3v) is 10.3. The summed E-state index contributed by atoms with van der Waals surface area (Å²) in [7, 11) is -5.20. The zero-order valence-corrected chi connectivity index (χ0v) is 32.3. The molecule has 1 fully saturated rings. The van der Waals surface area contributed by atoms with E-state index in [1.54, 1.807) is 0 Å². The lowest BCUT2D eigenvalue weighted by Crippen LogP contribution is -2.73. The molecule has 1 aromatic carbocycles. The number of oxime groups is 1. The normalized spacial score (nSPS) is 21.9. The van der Waals surface area contributed by atoms with Crippen LogP contribution in [0, 0.1) is 12.8 Å². The van der Waals surface area contributed by atoms with Gasteiger partial charge in [-0.3, -0.25) is 14.1 Å². The monoisotopic (exact) mass is 773 g/mol. The molecule has 0 aromatic heterocycles. The number of allylic oxidation sites excluding steroid dienone is 3. The molecule has 0 saturated carbocycles. The van der Waals surface area contributed by atoms with Crippen molar-refractivity contribution < 1.29 is 46.8 Å². The molecule has 1 saturated heterocycles. The van der Waals surface area contributed by atoms with Crippen molar-refractivity contribution in [2.45, 2.75) is 110 Å². The van der Waals surface area contributed by atoms with E-state index in [0.29, 0.717) is 5.75 Å². The van der Waals surface area contributed by atoms with Crippen LogP contribution in [0.25, 0.3) is 0 Å². The fraction of sp³-hybridized carbons (Fsp3) is 0.500. The predicted octanol–water partition coefficient (Wildman–Crippen LogP) is 4.76. The molecule has 4 rings (SSSR count). The van der Waals surface area contributed by atoms with Gasteiger partial charge in [0.05, 0.1) is 5.70 Å². The molecule has 0 spiro atoms. The largest absolute Gasteiger partial charge is 0.478 e. The number of thiocarbonyl (C=S) groups is 1. The third-order valence-electron chi connectivity index (χ3n) is 9.24. The zero-order chi connectivity index (χ0) is 39.4. The highest BCUT2D eigenvalue weighted by molar-refractivity contribution is 7.84. The maximum atomic E-state index is 13.5. The summed E-state index contributed by atoms with van der Waals surface area (Å²) in [6.45, 7) is 14.8. The number of β-lactam (4-membered cyclic amide) rings is 1. The maximum Gasteiger partial charge on any atom is 0.365 e. The van der Waals surface area contributed by atoms with Gasteiger partial charge >= 0.3 is 21.5 Å². The fourth-order valence-corrected chi connectivity index (χ4v) is 7.29. The van der Waals surface area contributed by atoms with E-state index < -0.39 is 56.9 Å². The van der Waals surface area contributed by atoms with Gasteiger partial charge < -0.3 is 30.5 Å². The van der Waals surface area contributed by atoms with E-state index in [1.165, 1.54) is 25.5 Å². The second-order valence-corrected chi connectivity index (χ2v) is 15.6. The minimum Gasteiger partial charge on any atom is -0.478 e. The van der Waals surface area contributed by atoms with Gasteiger partial charge in [0.15, 0.2) is 11.8 Å². The second kappa shape index (κ2) is 16.6. The van der Waals surface area contributed by atoms with Crippen LogP contribution in [-0.2, 0) is 40.7 Å². The SMILES string of the molecule is C=C(C)[C@@H]1CCC(C)=C[C@H]1c1c(C)cc(CCCCC)cc1OC(=S)OC1[C@H](NC(=O)/C(=N\OC(C)(C)C(=O)O)C2=CCC(N)=N2)C(=O)N1S(=O)(=O)O. The van der Waals surface area contributed by atoms with Gasteiger partial charge in [-0.2, -0.15) is 12.7 Å². The number of rotatable bonds is 15. The molecule has 4 atom stereocenters. The fourth-order valence-electron chi connectivity index (χ4n) is 6.33. The highest BCUT2D eigenvalue weighted by Crippen LogP contribution is 2.45.